The third-order valence-electron chi connectivity index (χ3n) is 3.90. The van der Waals surface area contributed by atoms with E-state index in [4.69, 9.17) is 5.11 Å². The van der Waals surface area contributed by atoms with Gasteiger partial charge in [-0.1, -0.05) is 19.8 Å². The minimum absolute atomic E-state index is 0.0598. The predicted octanol–water partition coefficient (Wildman–Crippen LogP) is 2.85. The summed E-state index contributed by atoms with van der Waals surface area (Å²) in [7, 11) is 0. The fourth-order valence-corrected chi connectivity index (χ4v) is 2.53. The topological polar surface area (TPSA) is 69.6 Å². The maximum atomic E-state index is 12.0. The molecule has 0 aliphatic carbocycles. The summed E-state index contributed by atoms with van der Waals surface area (Å²) in [5.41, 5.74) is 0. The second-order valence-electron chi connectivity index (χ2n) is 5.81. The predicted molar refractivity (Wildman–Crippen MR) is 78.7 cm³/mol. The molecular formula is C15H28N2O3. The smallest absolute Gasteiger partial charge is 0.317 e. The minimum Gasteiger partial charge on any atom is -0.481 e. The molecular weight excluding hydrogens is 256 g/mol. The highest BCUT2D eigenvalue weighted by Gasteiger charge is 2.17. The van der Waals surface area contributed by atoms with Crippen LogP contribution in [0.3, 0.4) is 0 Å². The Morgan fingerprint density at radius 1 is 1.15 bits per heavy atom. The first kappa shape index (κ1) is 16.8. The van der Waals surface area contributed by atoms with Crippen molar-refractivity contribution in [1.82, 2.24) is 10.2 Å². The van der Waals surface area contributed by atoms with Crippen LogP contribution in [0.4, 0.5) is 4.79 Å². The van der Waals surface area contributed by atoms with Crippen molar-refractivity contribution >= 4 is 12.0 Å². The van der Waals surface area contributed by atoms with Gasteiger partial charge in [-0.15, -0.1) is 0 Å². The van der Waals surface area contributed by atoms with Crippen molar-refractivity contribution < 1.29 is 14.7 Å². The van der Waals surface area contributed by atoms with Gasteiger partial charge in [-0.25, -0.2) is 4.79 Å². The zero-order chi connectivity index (χ0) is 14.8. The molecule has 1 unspecified atom stereocenters. The molecule has 1 aliphatic heterocycles. The summed E-state index contributed by atoms with van der Waals surface area (Å²) in [5.74, 6) is -0.00395. The van der Waals surface area contributed by atoms with Crippen molar-refractivity contribution in [1.29, 1.82) is 0 Å². The molecule has 5 heteroatoms. The van der Waals surface area contributed by atoms with E-state index in [1.54, 1.807) is 0 Å². The van der Waals surface area contributed by atoms with Crippen LogP contribution in [-0.4, -0.2) is 41.6 Å². The lowest BCUT2D eigenvalue weighted by Crippen LogP contribution is -2.40. The van der Waals surface area contributed by atoms with Crippen molar-refractivity contribution in [3.63, 3.8) is 0 Å². The monoisotopic (exact) mass is 284 g/mol. The van der Waals surface area contributed by atoms with Crippen LogP contribution < -0.4 is 5.32 Å². The van der Waals surface area contributed by atoms with Gasteiger partial charge in [-0.3, -0.25) is 4.79 Å². The molecule has 1 atom stereocenters. The number of hydrogen-bond acceptors (Lipinski definition) is 2. The molecule has 116 valence electrons. The Bertz CT molecular complexity index is 307. The van der Waals surface area contributed by atoms with Gasteiger partial charge in [0.05, 0.1) is 0 Å². The Morgan fingerprint density at radius 2 is 1.90 bits per heavy atom. The highest BCUT2D eigenvalue weighted by Crippen LogP contribution is 2.16. The summed E-state index contributed by atoms with van der Waals surface area (Å²) >= 11 is 0. The van der Waals surface area contributed by atoms with Gasteiger partial charge in [0, 0.05) is 26.1 Å². The van der Waals surface area contributed by atoms with Gasteiger partial charge in [0.15, 0.2) is 0 Å². The maximum absolute atomic E-state index is 12.0. The zero-order valence-corrected chi connectivity index (χ0v) is 12.6. The summed E-state index contributed by atoms with van der Waals surface area (Å²) in [5, 5.41) is 11.5. The summed E-state index contributed by atoms with van der Waals surface area (Å²) in [6, 6.07) is 0.0598. The van der Waals surface area contributed by atoms with Crippen LogP contribution in [0.25, 0.3) is 0 Å². The number of amides is 2. The molecule has 1 rings (SSSR count). The number of nitrogens with zero attached hydrogens (tertiary/aromatic N) is 1. The Balaban J connectivity index is 2.03. The van der Waals surface area contributed by atoms with Crippen LogP contribution in [0.2, 0.25) is 0 Å². The molecule has 0 aromatic heterocycles. The summed E-state index contributed by atoms with van der Waals surface area (Å²) < 4.78 is 0. The van der Waals surface area contributed by atoms with Crippen LogP contribution in [0, 0.1) is 5.92 Å². The Labute approximate surface area is 121 Å². The minimum atomic E-state index is -0.728. The molecule has 0 spiro atoms. The van der Waals surface area contributed by atoms with E-state index < -0.39 is 5.97 Å². The van der Waals surface area contributed by atoms with E-state index >= 15 is 0 Å². The van der Waals surface area contributed by atoms with E-state index in [1.807, 2.05) is 4.90 Å². The standard InChI is InChI=1S/C15H28N2O3/c1-13-7-6-11-17(12-9-13)15(20)16-10-5-3-2-4-8-14(18)19/h13H,2-12H2,1H3,(H,16,20)(H,18,19). The van der Waals surface area contributed by atoms with Gasteiger partial charge in [-0.2, -0.15) is 0 Å². The summed E-state index contributed by atoms with van der Waals surface area (Å²) in [6.07, 6.45) is 7.22. The van der Waals surface area contributed by atoms with E-state index in [0.29, 0.717) is 6.54 Å². The van der Waals surface area contributed by atoms with E-state index in [0.717, 1.165) is 57.5 Å². The molecule has 0 saturated carbocycles. The maximum Gasteiger partial charge on any atom is 0.317 e. The van der Waals surface area contributed by atoms with Crippen LogP contribution in [-0.2, 0) is 4.79 Å². The normalized spacial score (nSPS) is 19.4. The molecule has 2 amide bonds. The highest BCUT2D eigenvalue weighted by molar-refractivity contribution is 5.74. The first-order valence-corrected chi connectivity index (χ1v) is 7.84. The van der Waals surface area contributed by atoms with Gasteiger partial charge < -0.3 is 15.3 Å². The average Bonchev–Trinajstić information content (AvgIpc) is 2.62. The zero-order valence-electron chi connectivity index (χ0n) is 12.6. The second-order valence-corrected chi connectivity index (χ2v) is 5.81. The van der Waals surface area contributed by atoms with Gasteiger partial charge in [0.1, 0.15) is 0 Å². The Morgan fingerprint density at radius 3 is 2.65 bits per heavy atom. The number of rotatable bonds is 7. The van der Waals surface area contributed by atoms with Crippen LogP contribution in [0.5, 0.6) is 0 Å². The number of nitrogens with one attached hydrogen (secondary N) is 1. The van der Waals surface area contributed by atoms with Gasteiger partial charge >= 0.3 is 12.0 Å². The molecule has 0 bridgehead atoms. The Kier molecular flexibility index (Phi) is 8.07. The number of carboxylic acids is 1. The van der Waals surface area contributed by atoms with Crippen molar-refractivity contribution in [3.05, 3.63) is 0 Å². The molecule has 0 aromatic rings. The molecule has 1 aliphatic rings. The number of urea groups is 1. The fraction of sp³-hybridized carbons (Fsp3) is 0.867. The van der Waals surface area contributed by atoms with Crippen molar-refractivity contribution in [3.8, 4) is 0 Å². The van der Waals surface area contributed by atoms with E-state index in [1.165, 1.54) is 6.42 Å². The summed E-state index contributed by atoms with van der Waals surface area (Å²) in [4.78, 5) is 24.2. The number of likely N-dealkylation sites (tertiary alicyclic amines) is 1. The average molecular weight is 284 g/mol. The molecule has 0 aromatic carbocycles. The Hall–Kier alpha value is -1.26. The van der Waals surface area contributed by atoms with Crippen LogP contribution >= 0.6 is 0 Å². The third-order valence-corrected chi connectivity index (χ3v) is 3.90. The van der Waals surface area contributed by atoms with E-state index in [-0.39, 0.29) is 12.5 Å². The molecule has 1 fully saturated rings. The highest BCUT2D eigenvalue weighted by atomic mass is 16.4. The SMILES string of the molecule is CC1CCCN(C(=O)NCCCCCCC(=O)O)CC1. The number of carbonyl (C=O) groups is 2. The van der Waals surface area contributed by atoms with Crippen LogP contribution in [0.15, 0.2) is 0 Å². The molecule has 20 heavy (non-hydrogen) atoms. The summed E-state index contributed by atoms with van der Waals surface area (Å²) in [6.45, 7) is 4.68. The number of unbranched alkanes of at least 4 members (excludes halogenated alkanes) is 3. The lowest BCUT2D eigenvalue weighted by Gasteiger charge is -2.20. The number of aliphatic carboxylic acids is 1. The number of hydrogen-bond donors (Lipinski definition) is 2. The number of carbonyl (C=O) groups excluding carboxylic acids is 1. The second kappa shape index (κ2) is 9.61. The first-order chi connectivity index (χ1) is 9.59. The molecule has 5 nitrogen and oxygen atoms in total. The van der Waals surface area contributed by atoms with Crippen molar-refractivity contribution in [2.24, 2.45) is 5.92 Å². The van der Waals surface area contributed by atoms with Gasteiger partial charge in [-0.05, 0) is 38.0 Å². The lowest BCUT2D eigenvalue weighted by molar-refractivity contribution is -0.137. The van der Waals surface area contributed by atoms with E-state index in [2.05, 4.69) is 12.2 Å². The lowest BCUT2D eigenvalue weighted by atomic mass is 10.0. The quantitative estimate of drug-likeness (QED) is 0.706. The number of carboxylic acid groups (broad SMARTS) is 1. The van der Waals surface area contributed by atoms with Gasteiger partial charge in [0.2, 0.25) is 0 Å². The molecule has 0 radical (unpaired) electrons. The third kappa shape index (κ3) is 7.36. The van der Waals surface area contributed by atoms with Crippen LogP contribution in [0.1, 0.15) is 58.3 Å². The molecule has 2 N–H and O–H groups in total. The molecule has 1 saturated heterocycles. The van der Waals surface area contributed by atoms with Crippen molar-refractivity contribution in [2.45, 2.75) is 58.3 Å². The largest absolute Gasteiger partial charge is 0.481 e. The van der Waals surface area contributed by atoms with E-state index in [9.17, 15) is 9.59 Å². The van der Waals surface area contributed by atoms with Gasteiger partial charge in [0.25, 0.3) is 0 Å². The molecule has 1 heterocycles. The first-order valence-electron chi connectivity index (χ1n) is 7.84. The fourth-order valence-electron chi connectivity index (χ4n) is 2.53. The van der Waals surface area contributed by atoms with Crippen molar-refractivity contribution in [2.75, 3.05) is 19.6 Å².